The number of hydrogen-bond acceptors (Lipinski definition) is 3. The van der Waals surface area contributed by atoms with Crippen molar-refractivity contribution in [3.8, 4) is 11.1 Å². The molecule has 8 aromatic rings. The lowest BCUT2D eigenvalue weighted by Gasteiger charge is -2.49. The van der Waals surface area contributed by atoms with Crippen molar-refractivity contribution in [2.24, 2.45) is 0 Å². The van der Waals surface area contributed by atoms with Crippen molar-refractivity contribution >= 4 is 88.7 Å². The predicted molar refractivity (Wildman–Crippen MR) is 279 cm³/mol. The molecule has 7 aromatic carbocycles. The number of aryl methyl sites for hydroxylation is 2. The van der Waals surface area contributed by atoms with E-state index in [1.165, 1.54) is 58.9 Å². The van der Waals surface area contributed by atoms with Gasteiger partial charge in [0.05, 0.1) is 5.69 Å². The minimum atomic E-state index is -2.37. The first-order valence-corrected chi connectivity index (χ1v) is 24.3. The zero-order chi connectivity index (χ0) is 46.7. The minimum absolute atomic E-state index is 0.0206. The second kappa shape index (κ2) is 13.5. The van der Waals surface area contributed by atoms with E-state index >= 15 is 0 Å². The maximum atomic E-state index is 9.18. The molecule has 0 radical (unpaired) electrons. The zero-order valence-electron chi connectivity index (χ0n) is 41.8. The lowest BCUT2D eigenvalue weighted by atomic mass is 9.32. The Bertz CT molecular complexity index is 3390. The maximum Gasteiger partial charge on any atom is 0.252 e. The van der Waals surface area contributed by atoms with Crippen LogP contribution in [0.4, 0.5) is 34.1 Å². The van der Waals surface area contributed by atoms with E-state index in [0.29, 0.717) is 5.56 Å². The molecule has 0 saturated carbocycles. The molecule has 0 spiro atoms. The Morgan fingerprint density at radius 3 is 1.59 bits per heavy atom. The first-order valence-electron chi connectivity index (χ1n) is 25.0. The molecule has 2 aliphatic heterocycles. The summed E-state index contributed by atoms with van der Waals surface area (Å²) in [6, 6.07) is 47.2. The number of thiophene rings is 1. The van der Waals surface area contributed by atoms with E-state index in [1.54, 1.807) is 0 Å². The molecule has 318 valence electrons. The van der Waals surface area contributed by atoms with Gasteiger partial charge >= 0.3 is 0 Å². The zero-order valence-corrected chi connectivity index (χ0v) is 39.6. The summed E-state index contributed by atoms with van der Waals surface area (Å²) in [5.41, 5.74) is 19.4. The largest absolute Gasteiger partial charge is 0.311 e. The predicted octanol–water partition coefficient (Wildman–Crippen LogP) is 15.1. The molecule has 2 nitrogen and oxygen atoms in total. The van der Waals surface area contributed by atoms with E-state index in [1.807, 2.05) is 23.5 Å². The quantitative estimate of drug-likeness (QED) is 0.163. The van der Waals surface area contributed by atoms with Gasteiger partial charge in [0.1, 0.15) is 0 Å². The lowest BCUT2D eigenvalue weighted by molar-refractivity contribution is 0.332. The van der Waals surface area contributed by atoms with Crippen LogP contribution in [0.2, 0.25) is 0 Å². The summed E-state index contributed by atoms with van der Waals surface area (Å²) in [7, 11) is 0. The van der Waals surface area contributed by atoms with Crippen molar-refractivity contribution in [2.75, 3.05) is 9.80 Å². The van der Waals surface area contributed by atoms with E-state index in [9.17, 15) is 4.11 Å². The monoisotopic (exact) mass is 853 g/mol. The Kier molecular flexibility index (Phi) is 7.74. The Morgan fingerprint density at radius 2 is 1.02 bits per heavy atom. The van der Waals surface area contributed by atoms with Crippen LogP contribution in [0.3, 0.4) is 0 Å². The average Bonchev–Trinajstić information content (AvgIpc) is 3.68. The number of fused-ring (bicyclic) bond motifs is 9. The first kappa shape index (κ1) is 36.7. The van der Waals surface area contributed by atoms with Gasteiger partial charge in [0.15, 0.2) is 0 Å². The van der Waals surface area contributed by atoms with Gasteiger partial charge in [-0.2, -0.15) is 0 Å². The molecule has 0 saturated heterocycles. The third-order valence-corrected chi connectivity index (χ3v) is 17.3. The fraction of sp³-hybridized carbons (Fsp3) is 0.300. The van der Waals surface area contributed by atoms with Gasteiger partial charge in [-0.1, -0.05) is 128 Å². The van der Waals surface area contributed by atoms with E-state index in [-0.39, 0.29) is 28.4 Å². The molecule has 0 atom stereocenters. The van der Waals surface area contributed by atoms with Crippen LogP contribution in [0.5, 0.6) is 0 Å². The number of nitrogens with zero attached hydrogens (tertiary/aromatic N) is 2. The van der Waals surface area contributed by atoms with Gasteiger partial charge in [-0.25, -0.2) is 0 Å². The van der Waals surface area contributed by atoms with Crippen molar-refractivity contribution in [1.82, 2.24) is 0 Å². The molecule has 4 aliphatic rings. The van der Waals surface area contributed by atoms with Crippen molar-refractivity contribution in [3.05, 3.63) is 161 Å². The molecule has 4 heteroatoms. The highest BCUT2D eigenvalue weighted by Gasteiger charge is 2.48. The van der Waals surface area contributed by atoms with Crippen LogP contribution in [0.25, 0.3) is 31.3 Å². The highest BCUT2D eigenvalue weighted by Crippen LogP contribution is 2.54. The summed E-state index contributed by atoms with van der Waals surface area (Å²) in [6.45, 7) is 19.1. The number of rotatable bonds is 3. The normalized spacial score (nSPS) is 19.2. The van der Waals surface area contributed by atoms with Crippen molar-refractivity contribution in [1.29, 1.82) is 0 Å². The van der Waals surface area contributed by atoms with Gasteiger partial charge in [-0.05, 0) is 177 Å². The molecule has 0 amide bonds. The van der Waals surface area contributed by atoms with Gasteiger partial charge in [-0.3, -0.25) is 0 Å². The van der Waals surface area contributed by atoms with Crippen molar-refractivity contribution in [3.63, 3.8) is 0 Å². The summed E-state index contributed by atoms with van der Waals surface area (Å²) in [5, 5.41) is 2.43. The lowest BCUT2D eigenvalue weighted by Crippen LogP contribution is -2.62. The Morgan fingerprint density at radius 1 is 0.484 bits per heavy atom. The van der Waals surface area contributed by atoms with E-state index in [2.05, 4.69) is 187 Å². The maximum absolute atomic E-state index is 9.18. The molecule has 3 heterocycles. The Labute approximate surface area is 389 Å². The third kappa shape index (κ3) is 5.70. The van der Waals surface area contributed by atoms with Crippen molar-refractivity contribution in [2.45, 2.75) is 117 Å². The smallest absolute Gasteiger partial charge is 0.252 e. The van der Waals surface area contributed by atoms with Crippen LogP contribution in [0.15, 0.2) is 127 Å². The van der Waals surface area contributed by atoms with E-state index < -0.39 is 6.85 Å². The van der Waals surface area contributed by atoms with Crippen LogP contribution in [0.1, 0.15) is 119 Å². The van der Waals surface area contributed by atoms with Crippen LogP contribution in [-0.4, -0.2) is 6.71 Å². The third-order valence-electron chi connectivity index (χ3n) is 16.2. The standard InChI is InChI=1S/C60H59BN2S/c1-36-29-51-56-52(30-36)63(48-20-16-22-54-55(48)40-19-14-15-21-53(40)64-54)50-35-44-42(58(5,6)26-28-60(44,9)10)33-46(50)61(56)45-32-41-43(59(7,8)27-25-57(41,3)4)34-49(45)62(51)47-24-23-39(31-37(47)2)38-17-12-11-13-18-38/h11-24,29-35H,25-28H2,1-10H3/i1D3. The molecule has 0 N–H and O–H groups in total. The van der Waals surface area contributed by atoms with Gasteiger partial charge in [0.2, 0.25) is 0 Å². The number of anilines is 6. The summed E-state index contributed by atoms with van der Waals surface area (Å²) in [5.74, 6) is 0. The average molecular weight is 854 g/mol. The molecule has 1 aromatic heterocycles. The number of hydrogen-bond donors (Lipinski definition) is 0. The first-order chi connectivity index (χ1) is 31.7. The molecule has 2 aliphatic carbocycles. The SMILES string of the molecule is [2H]C([2H])([2H])c1cc2c3c(c1)N(c1cccc4sc5ccccc5c14)c1cc4c(cc1B3c1cc3c(cc1N2c1ccc(-c2ccccc2)cc1C)C(C)(C)CCC3(C)C)C(C)(C)CCC4(C)C. The highest BCUT2D eigenvalue weighted by atomic mass is 32.1. The molecule has 64 heavy (non-hydrogen) atoms. The molecule has 0 bridgehead atoms. The Hall–Kier alpha value is -5.58. The minimum Gasteiger partial charge on any atom is -0.311 e. The highest BCUT2D eigenvalue weighted by molar-refractivity contribution is 7.26. The molecule has 0 fully saturated rings. The molecule has 12 rings (SSSR count). The number of benzene rings is 7. The summed E-state index contributed by atoms with van der Waals surface area (Å²) in [4.78, 5) is 4.94. The van der Waals surface area contributed by atoms with E-state index in [4.69, 9.17) is 0 Å². The molecule has 0 unspecified atom stereocenters. The molecular weight excluding hydrogens is 792 g/mol. The second-order valence-electron chi connectivity index (χ2n) is 22.1. The fourth-order valence-corrected chi connectivity index (χ4v) is 13.4. The van der Waals surface area contributed by atoms with Gasteiger partial charge in [-0.15, -0.1) is 11.3 Å². The van der Waals surface area contributed by atoms with Crippen molar-refractivity contribution < 1.29 is 4.11 Å². The summed E-state index contributed by atoms with van der Waals surface area (Å²) >= 11 is 1.83. The topological polar surface area (TPSA) is 6.48 Å². The Balaban J connectivity index is 1.25. The van der Waals surface area contributed by atoms with E-state index in [0.717, 1.165) is 76.4 Å². The summed E-state index contributed by atoms with van der Waals surface area (Å²) in [6.07, 6.45) is 4.43. The van der Waals surface area contributed by atoms with Crippen LogP contribution in [0, 0.1) is 13.8 Å². The van der Waals surface area contributed by atoms with Gasteiger partial charge in [0, 0.05) is 52.7 Å². The second-order valence-corrected chi connectivity index (χ2v) is 23.2. The summed E-state index contributed by atoms with van der Waals surface area (Å²) < 4.78 is 30.0. The van der Waals surface area contributed by atoms with Crippen LogP contribution in [-0.2, 0) is 21.7 Å². The van der Waals surface area contributed by atoms with Crippen LogP contribution < -0.4 is 26.2 Å². The van der Waals surface area contributed by atoms with Crippen LogP contribution >= 0.6 is 11.3 Å². The van der Waals surface area contributed by atoms with Gasteiger partial charge in [0.25, 0.3) is 6.71 Å². The molecular formula is C60H59BN2S. The van der Waals surface area contributed by atoms with Gasteiger partial charge < -0.3 is 9.80 Å². The fourth-order valence-electron chi connectivity index (χ4n) is 12.3.